The van der Waals surface area contributed by atoms with Crippen LogP contribution in [0.2, 0.25) is 0 Å². The van der Waals surface area contributed by atoms with Crippen molar-refractivity contribution >= 4 is 40.6 Å². The van der Waals surface area contributed by atoms with Crippen LogP contribution in [-0.4, -0.2) is 78.7 Å². The molecule has 59 heavy (non-hydrogen) atoms. The van der Waals surface area contributed by atoms with Crippen LogP contribution in [0.25, 0.3) is 22.2 Å². The first-order chi connectivity index (χ1) is 28.1. The maximum atomic E-state index is 14.4. The SMILES string of the molecule is CCC[C@H](NC(=O)[C@@H]1C[C@@H](Oc2cc(-c3ccccc3)nc3cc(OC)ccc23)C=C1C(=O)N[C@H](C(=O)NC(C(=O)OC)C1CCCCC1)C(C)C)C(=O)OC(C)(C)C. The second-order valence-corrected chi connectivity index (χ2v) is 16.8. The summed E-state index contributed by atoms with van der Waals surface area (Å²) in [5.41, 5.74) is 1.45. The van der Waals surface area contributed by atoms with Gasteiger partial charge in [0.25, 0.3) is 0 Å². The molecule has 3 N–H and O–H groups in total. The highest BCUT2D eigenvalue weighted by Crippen LogP contribution is 2.36. The van der Waals surface area contributed by atoms with Gasteiger partial charge < -0.3 is 34.9 Å². The first-order valence-electron chi connectivity index (χ1n) is 20.8. The van der Waals surface area contributed by atoms with Gasteiger partial charge in [0.2, 0.25) is 17.7 Å². The van der Waals surface area contributed by atoms with Crippen molar-refractivity contribution < 1.29 is 42.9 Å². The minimum Gasteiger partial charge on any atom is -0.497 e. The zero-order valence-electron chi connectivity index (χ0n) is 35.6. The molecule has 0 saturated heterocycles. The molecule has 13 nitrogen and oxygen atoms in total. The zero-order valence-corrected chi connectivity index (χ0v) is 35.6. The lowest BCUT2D eigenvalue weighted by Gasteiger charge is -2.31. The third-order valence-electron chi connectivity index (χ3n) is 10.8. The highest BCUT2D eigenvalue weighted by atomic mass is 16.6. The quantitative estimate of drug-likeness (QED) is 0.134. The molecule has 0 aliphatic heterocycles. The van der Waals surface area contributed by atoms with Gasteiger partial charge in [-0.15, -0.1) is 0 Å². The Balaban J connectivity index is 1.48. The molecule has 0 bridgehead atoms. The molecule has 2 aliphatic rings. The number of fused-ring (bicyclic) bond motifs is 1. The van der Waals surface area contributed by atoms with Gasteiger partial charge in [0.05, 0.1) is 31.3 Å². The Morgan fingerprint density at radius 2 is 1.59 bits per heavy atom. The van der Waals surface area contributed by atoms with Gasteiger partial charge in [-0.25, -0.2) is 14.6 Å². The van der Waals surface area contributed by atoms with Gasteiger partial charge in [-0.05, 0) is 70.1 Å². The molecule has 3 aromatic rings. The fourth-order valence-electron chi connectivity index (χ4n) is 7.78. The molecule has 1 unspecified atom stereocenters. The lowest BCUT2D eigenvalue weighted by molar-refractivity contribution is -0.159. The van der Waals surface area contributed by atoms with Crippen molar-refractivity contribution in [2.45, 2.75) is 123 Å². The molecule has 5 atom stereocenters. The van der Waals surface area contributed by atoms with Gasteiger partial charge in [0, 0.05) is 35.1 Å². The number of hydrogen-bond donors (Lipinski definition) is 3. The topological polar surface area (TPSA) is 171 Å². The second-order valence-electron chi connectivity index (χ2n) is 16.8. The average Bonchev–Trinajstić information content (AvgIpc) is 3.65. The van der Waals surface area contributed by atoms with Crippen LogP contribution in [0.15, 0.2) is 66.2 Å². The van der Waals surface area contributed by atoms with Crippen molar-refractivity contribution in [1.82, 2.24) is 20.9 Å². The molecule has 1 fully saturated rings. The van der Waals surface area contributed by atoms with E-state index >= 15 is 0 Å². The summed E-state index contributed by atoms with van der Waals surface area (Å²) >= 11 is 0. The highest BCUT2D eigenvalue weighted by Gasteiger charge is 2.41. The minimum absolute atomic E-state index is 0.0625. The minimum atomic E-state index is -1.05. The molecule has 5 rings (SSSR count). The summed E-state index contributed by atoms with van der Waals surface area (Å²) in [7, 11) is 2.88. The van der Waals surface area contributed by atoms with Crippen LogP contribution in [-0.2, 0) is 33.4 Å². The Kier molecular flexibility index (Phi) is 15.1. The fourth-order valence-corrected chi connectivity index (χ4v) is 7.78. The van der Waals surface area contributed by atoms with Crippen LogP contribution in [0.3, 0.4) is 0 Å². The summed E-state index contributed by atoms with van der Waals surface area (Å²) in [6, 6.07) is 14.1. The number of aromatic nitrogens is 1. The van der Waals surface area contributed by atoms with Gasteiger partial charge in [-0.1, -0.05) is 76.8 Å². The Labute approximate surface area is 347 Å². The number of ether oxygens (including phenoxy) is 4. The summed E-state index contributed by atoms with van der Waals surface area (Å²) < 4.78 is 22.9. The summed E-state index contributed by atoms with van der Waals surface area (Å²) in [4.78, 5) is 73.7. The number of nitrogens with zero attached hydrogens (tertiary/aromatic N) is 1. The van der Waals surface area contributed by atoms with E-state index in [2.05, 4.69) is 16.0 Å². The largest absolute Gasteiger partial charge is 0.497 e. The van der Waals surface area contributed by atoms with E-state index in [9.17, 15) is 24.0 Å². The first-order valence-corrected chi connectivity index (χ1v) is 20.8. The Morgan fingerprint density at radius 3 is 2.22 bits per heavy atom. The number of carbonyl (C=O) groups excluding carboxylic acids is 5. The highest BCUT2D eigenvalue weighted by molar-refractivity contribution is 6.03. The van der Waals surface area contributed by atoms with E-state index in [1.165, 1.54) is 7.11 Å². The second kappa shape index (κ2) is 20.0. The lowest BCUT2D eigenvalue weighted by Crippen LogP contribution is -2.56. The maximum absolute atomic E-state index is 14.4. The predicted molar refractivity (Wildman–Crippen MR) is 224 cm³/mol. The van der Waals surface area contributed by atoms with Gasteiger partial charge in [-0.2, -0.15) is 0 Å². The predicted octanol–water partition coefficient (Wildman–Crippen LogP) is 6.61. The maximum Gasteiger partial charge on any atom is 0.329 e. The molecule has 3 amide bonds. The Morgan fingerprint density at radius 1 is 0.881 bits per heavy atom. The third kappa shape index (κ3) is 11.6. The van der Waals surface area contributed by atoms with E-state index in [1.807, 2.05) is 55.5 Å². The van der Waals surface area contributed by atoms with Crippen molar-refractivity contribution in [1.29, 1.82) is 0 Å². The van der Waals surface area contributed by atoms with E-state index in [0.29, 0.717) is 40.9 Å². The van der Waals surface area contributed by atoms with Crippen LogP contribution in [0.5, 0.6) is 11.5 Å². The standard InChI is InChI=1S/C46H60N4O9/c1-9-16-35(44(54)59-46(4,5)6)48-41(51)33-23-31(58-38-26-36(28-17-12-10-13-18-28)47-37-25-30(56-7)21-22-32(37)38)24-34(33)42(52)49-39(27(2)3)43(53)50-40(45(55)57-8)29-19-14-11-15-20-29/h10,12-13,17-18,21-22,24-27,29,31,33,35,39-40H,9,11,14-16,19-20,23H2,1-8H3,(H,48,51)(H,49,52)(H,50,53)/t31-,33-,35+,39+,40?/m1/s1. The van der Waals surface area contributed by atoms with Crippen molar-refractivity contribution in [3.63, 3.8) is 0 Å². The Hall–Kier alpha value is -5.46. The molecule has 1 heterocycles. The fraction of sp³-hybridized carbons (Fsp3) is 0.522. The number of carbonyl (C=O) groups is 5. The van der Waals surface area contributed by atoms with E-state index in [4.69, 9.17) is 23.9 Å². The van der Waals surface area contributed by atoms with Crippen molar-refractivity contribution in [3.05, 3.63) is 66.2 Å². The number of benzene rings is 2. The number of pyridine rings is 1. The summed E-state index contributed by atoms with van der Waals surface area (Å²) in [6.07, 6.45) is 6.33. The van der Waals surface area contributed by atoms with Gasteiger partial charge >= 0.3 is 11.9 Å². The molecule has 0 spiro atoms. The number of methoxy groups -OCH3 is 2. The summed E-state index contributed by atoms with van der Waals surface area (Å²) in [6.45, 7) is 10.8. The van der Waals surface area contributed by atoms with E-state index < -0.39 is 65.4 Å². The van der Waals surface area contributed by atoms with Crippen molar-refractivity contribution in [3.8, 4) is 22.8 Å². The van der Waals surface area contributed by atoms with Crippen LogP contribution in [0.4, 0.5) is 0 Å². The van der Waals surface area contributed by atoms with Gasteiger partial charge in [0.1, 0.15) is 41.3 Å². The van der Waals surface area contributed by atoms with Crippen LogP contribution in [0, 0.1) is 17.8 Å². The normalized spacial score (nSPS) is 18.6. The molecule has 2 aliphatic carbocycles. The number of esters is 2. The molecule has 2 aromatic carbocycles. The lowest BCUT2D eigenvalue weighted by atomic mass is 9.83. The molecular formula is C46H60N4O9. The molecular weight excluding hydrogens is 753 g/mol. The summed E-state index contributed by atoms with van der Waals surface area (Å²) in [5.74, 6) is -3.25. The Bertz CT molecular complexity index is 2000. The van der Waals surface area contributed by atoms with Gasteiger partial charge in [-0.3, -0.25) is 14.4 Å². The number of hydrogen-bond acceptors (Lipinski definition) is 10. The van der Waals surface area contributed by atoms with E-state index in [1.54, 1.807) is 53.9 Å². The molecule has 318 valence electrons. The first kappa shape index (κ1) is 44.6. The molecule has 0 radical (unpaired) electrons. The molecule has 1 saturated carbocycles. The average molecular weight is 813 g/mol. The van der Waals surface area contributed by atoms with Crippen LogP contribution < -0.4 is 25.4 Å². The molecule has 13 heteroatoms. The van der Waals surface area contributed by atoms with Gasteiger partial charge in [0.15, 0.2) is 0 Å². The van der Waals surface area contributed by atoms with Crippen molar-refractivity contribution in [2.24, 2.45) is 17.8 Å². The van der Waals surface area contributed by atoms with Crippen LogP contribution >= 0.6 is 0 Å². The number of rotatable bonds is 16. The van der Waals surface area contributed by atoms with Crippen LogP contribution in [0.1, 0.15) is 92.9 Å². The third-order valence-corrected chi connectivity index (χ3v) is 10.8. The summed E-state index contributed by atoms with van der Waals surface area (Å²) in [5, 5.41) is 9.32. The smallest absolute Gasteiger partial charge is 0.329 e. The van der Waals surface area contributed by atoms with Crippen molar-refractivity contribution in [2.75, 3.05) is 14.2 Å². The monoisotopic (exact) mass is 812 g/mol. The molecule has 1 aromatic heterocycles. The van der Waals surface area contributed by atoms with E-state index in [-0.39, 0.29) is 23.8 Å². The number of nitrogens with one attached hydrogen (secondary N) is 3. The zero-order chi connectivity index (χ0) is 42.9. The number of amides is 3. The van der Waals surface area contributed by atoms with E-state index in [0.717, 1.165) is 37.7 Å².